The number of aromatic nitrogens is 4. The van der Waals surface area contributed by atoms with Gasteiger partial charge in [0.1, 0.15) is 17.5 Å². The van der Waals surface area contributed by atoms with Gasteiger partial charge in [0.2, 0.25) is 5.95 Å². The minimum absolute atomic E-state index is 0.327. The standard InChI is InChI=1S/C31H40N8O4/c1-21-15-26(39(36-21)10-9-37-11-13-42-14-12-37)35-28-33-8-7-25(34-28)22-16-23(18-32)27-24(17-22)31(5,20-41-6)19-38(27)29(40)43-30(2,3)4/h7-8,15-17H,9-14,19-20H2,1-6H3,(H,33,34,35)/t31-/m1/s1. The van der Waals surface area contributed by atoms with Crippen LogP contribution in [-0.2, 0) is 26.2 Å². The number of hydrogen-bond donors (Lipinski definition) is 1. The second-order valence-corrected chi connectivity index (χ2v) is 12.3. The second-order valence-electron chi connectivity index (χ2n) is 12.3. The van der Waals surface area contributed by atoms with E-state index in [1.807, 2.05) is 57.5 Å². The fraction of sp³-hybridized carbons (Fsp3) is 0.516. The van der Waals surface area contributed by atoms with Gasteiger partial charge in [-0.05, 0) is 51.5 Å². The van der Waals surface area contributed by atoms with Crippen molar-refractivity contribution in [3.8, 4) is 17.3 Å². The van der Waals surface area contributed by atoms with E-state index in [2.05, 4.69) is 26.4 Å². The number of ether oxygens (including phenoxy) is 3. The van der Waals surface area contributed by atoms with Crippen LogP contribution in [0, 0.1) is 18.3 Å². The third-order valence-corrected chi connectivity index (χ3v) is 7.56. The Kier molecular flexibility index (Phi) is 8.69. The van der Waals surface area contributed by atoms with E-state index < -0.39 is 17.1 Å². The Balaban J connectivity index is 1.44. The zero-order chi connectivity index (χ0) is 30.8. The molecule has 1 amide bonds. The van der Waals surface area contributed by atoms with Crippen LogP contribution in [0.3, 0.4) is 0 Å². The highest BCUT2D eigenvalue weighted by Gasteiger charge is 2.44. The van der Waals surface area contributed by atoms with Crippen molar-refractivity contribution in [2.75, 3.05) is 63.3 Å². The topological polar surface area (TPSA) is 131 Å². The smallest absolute Gasteiger partial charge is 0.414 e. The number of nitriles is 1. The number of carbonyl (C=O) groups excluding carboxylic acids is 1. The third kappa shape index (κ3) is 6.80. The summed E-state index contributed by atoms with van der Waals surface area (Å²) in [5.41, 5.74) is 2.79. The van der Waals surface area contributed by atoms with E-state index >= 15 is 0 Å². The Bertz CT molecular complexity index is 1520. The largest absolute Gasteiger partial charge is 0.443 e. The predicted molar refractivity (Wildman–Crippen MR) is 162 cm³/mol. The van der Waals surface area contributed by atoms with E-state index in [0.717, 1.165) is 62.0 Å². The van der Waals surface area contributed by atoms with Crippen molar-refractivity contribution < 1.29 is 19.0 Å². The maximum atomic E-state index is 13.2. The summed E-state index contributed by atoms with van der Waals surface area (Å²) in [7, 11) is 1.63. The van der Waals surface area contributed by atoms with Gasteiger partial charge in [-0.2, -0.15) is 10.4 Å². The minimum atomic E-state index is -0.676. The molecule has 43 heavy (non-hydrogen) atoms. The average molecular weight is 589 g/mol. The SMILES string of the molecule is COC[C@@]1(C)CN(C(=O)OC(C)(C)C)c2c(C#N)cc(-c3ccnc(Nc4cc(C)nn4CCN4CCOCC4)n3)cc21. The maximum absolute atomic E-state index is 13.2. The van der Waals surface area contributed by atoms with Crippen LogP contribution in [0.15, 0.2) is 30.5 Å². The summed E-state index contributed by atoms with van der Waals surface area (Å²) in [5.74, 6) is 1.22. The number of hydrogen-bond acceptors (Lipinski definition) is 10. The van der Waals surface area contributed by atoms with Crippen molar-refractivity contribution in [1.29, 1.82) is 5.26 Å². The molecule has 5 rings (SSSR count). The Morgan fingerprint density at radius 1 is 1.21 bits per heavy atom. The first-order valence-corrected chi connectivity index (χ1v) is 14.5. The van der Waals surface area contributed by atoms with Gasteiger partial charge in [-0.1, -0.05) is 6.92 Å². The van der Waals surface area contributed by atoms with Gasteiger partial charge < -0.3 is 19.5 Å². The molecular formula is C31H40N8O4. The minimum Gasteiger partial charge on any atom is -0.443 e. The molecule has 4 heterocycles. The second kappa shape index (κ2) is 12.3. The van der Waals surface area contributed by atoms with Crippen LogP contribution in [0.5, 0.6) is 0 Å². The summed E-state index contributed by atoms with van der Waals surface area (Å²) in [6, 6.07) is 9.83. The summed E-state index contributed by atoms with van der Waals surface area (Å²) < 4.78 is 18.7. The molecule has 0 spiro atoms. The molecule has 1 fully saturated rings. The van der Waals surface area contributed by atoms with Gasteiger partial charge in [0.15, 0.2) is 0 Å². The van der Waals surface area contributed by atoms with Crippen LogP contribution in [0.25, 0.3) is 11.3 Å². The van der Waals surface area contributed by atoms with E-state index in [-0.39, 0.29) is 0 Å². The lowest BCUT2D eigenvalue weighted by atomic mass is 9.83. The fourth-order valence-corrected chi connectivity index (χ4v) is 5.62. The number of fused-ring (bicyclic) bond motifs is 1. The first kappa shape index (κ1) is 30.4. The lowest BCUT2D eigenvalue weighted by Gasteiger charge is -2.27. The van der Waals surface area contributed by atoms with Crippen molar-refractivity contribution in [3.05, 3.63) is 47.3 Å². The monoisotopic (exact) mass is 588 g/mol. The molecule has 0 bridgehead atoms. The number of nitrogens with one attached hydrogen (secondary N) is 1. The first-order chi connectivity index (χ1) is 20.5. The van der Waals surface area contributed by atoms with Gasteiger partial charge >= 0.3 is 6.09 Å². The molecule has 0 unspecified atom stereocenters. The summed E-state index contributed by atoms with van der Waals surface area (Å²) in [5, 5.41) is 18.2. The fourth-order valence-electron chi connectivity index (χ4n) is 5.62. The molecule has 2 aromatic heterocycles. The van der Waals surface area contributed by atoms with E-state index in [4.69, 9.17) is 19.2 Å². The third-order valence-electron chi connectivity index (χ3n) is 7.56. The number of benzene rings is 1. The number of aryl methyl sites for hydroxylation is 1. The van der Waals surface area contributed by atoms with Gasteiger partial charge in [-0.15, -0.1) is 0 Å². The van der Waals surface area contributed by atoms with Gasteiger partial charge in [0, 0.05) is 56.5 Å². The van der Waals surface area contributed by atoms with Gasteiger partial charge in [-0.25, -0.2) is 19.4 Å². The quantitative estimate of drug-likeness (QED) is 0.407. The number of amides is 1. The highest BCUT2D eigenvalue weighted by atomic mass is 16.6. The summed E-state index contributed by atoms with van der Waals surface area (Å²) >= 11 is 0. The van der Waals surface area contributed by atoms with Crippen LogP contribution in [0.4, 0.5) is 22.2 Å². The van der Waals surface area contributed by atoms with Crippen molar-refractivity contribution >= 4 is 23.5 Å². The maximum Gasteiger partial charge on any atom is 0.414 e. The highest BCUT2D eigenvalue weighted by Crippen LogP contribution is 2.45. The van der Waals surface area contributed by atoms with E-state index in [1.54, 1.807) is 24.3 Å². The number of morpholine rings is 1. The average Bonchev–Trinajstić information content (AvgIpc) is 3.47. The van der Waals surface area contributed by atoms with Crippen molar-refractivity contribution in [1.82, 2.24) is 24.6 Å². The Morgan fingerprint density at radius 2 is 1.98 bits per heavy atom. The Hall–Kier alpha value is -4.05. The summed E-state index contributed by atoms with van der Waals surface area (Å²) in [6.07, 6.45) is 1.19. The van der Waals surface area contributed by atoms with E-state index in [1.165, 1.54) is 0 Å². The molecule has 0 aliphatic carbocycles. The van der Waals surface area contributed by atoms with Crippen molar-refractivity contribution in [3.63, 3.8) is 0 Å². The number of anilines is 3. The molecule has 1 aromatic carbocycles. The van der Waals surface area contributed by atoms with E-state index in [0.29, 0.717) is 36.0 Å². The number of methoxy groups -OCH3 is 1. The lowest BCUT2D eigenvalue weighted by Crippen LogP contribution is -2.40. The molecular weight excluding hydrogens is 548 g/mol. The molecule has 2 aliphatic heterocycles. The molecule has 0 radical (unpaired) electrons. The first-order valence-electron chi connectivity index (χ1n) is 14.5. The number of rotatable bonds is 8. The Labute approximate surface area is 252 Å². The predicted octanol–water partition coefficient (Wildman–Crippen LogP) is 4.26. The summed E-state index contributed by atoms with van der Waals surface area (Å²) in [4.78, 5) is 26.4. The highest BCUT2D eigenvalue weighted by molar-refractivity contribution is 5.95. The van der Waals surface area contributed by atoms with Crippen molar-refractivity contribution in [2.45, 2.75) is 52.2 Å². The van der Waals surface area contributed by atoms with Crippen LogP contribution in [-0.4, -0.2) is 89.5 Å². The van der Waals surface area contributed by atoms with E-state index in [9.17, 15) is 10.1 Å². The van der Waals surface area contributed by atoms with Crippen LogP contribution < -0.4 is 10.2 Å². The molecule has 1 N–H and O–H groups in total. The molecule has 228 valence electrons. The molecule has 12 nitrogen and oxygen atoms in total. The van der Waals surface area contributed by atoms with Crippen LogP contribution >= 0.6 is 0 Å². The van der Waals surface area contributed by atoms with Gasteiger partial charge in [0.25, 0.3) is 0 Å². The van der Waals surface area contributed by atoms with Crippen molar-refractivity contribution in [2.24, 2.45) is 0 Å². The van der Waals surface area contributed by atoms with Gasteiger partial charge in [-0.3, -0.25) is 9.80 Å². The normalized spacial score (nSPS) is 18.8. The molecule has 0 saturated carbocycles. The molecule has 1 saturated heterocycles. The van der Waals surface area contributed by atoms with Crippen LogP contribution in [0.1, 0.15) is 44.5 Å². The lowest BCUT2D eigenvalue weighted by molar-refractivity contribution is 0.0360. The molecule has 2 aliphatic rings. The molecule has 3 aromatic rings. The zero-order valence-corrected chi connectivity index (χ0v) is 25.8. The molecule has 12 heteroatoms. The number of carbonyl (C=O) groups is 1. The zero-order valence-electron chi connectivity index (χ0n) is 25.8. The molecule has 1 atom stereocenters. The van der Waals surface area contributed by atoms with Gasteiger partial charge in [0.05, 0.1) is 49.0 Å². The number of nitrogens with zero attached hydrogens (tertiary/aromatic N) is 7. The Morgan fingerprint density at radius 3 is 2.67 bits per heavy atom. The van der Waals surface area contributed by atoms with Crippen LogP contribution in [0.2, 0.25) is 0 Å². The summed E-state index contributed by atoms with van der Waals surface area (Å²) in [6.45, 7) is 15.1.